The fourth-order valence-electron chi connectivity index (χ4n) is 1.65. The van der Waals surface area contributed by atoms with Crippen LogP contribution < -0.4 is 0 Å². The van der Waals surface area contributed by atoms with Crippen LogP contribution in [-0.4, -0.2) is 26.7 Å². The number of nitrogens with zero attached hydrogens (tertiary/aromatic N) is 4. The summed E-state index contributed by atoms with van der Waals surface area (Å²) in [6, 6.07) is 3.98. The fraction of sp³-hybridized carbons (Fsp3) is 0.182. The lowest BCUT2D eigenvalue weighted by molar-refractivity contribution is 0.178. The maximum absolute atomic E-state index is 5.02. The van der Waals surface area contributed by atoms with Gasteiger partial charge in [-0.3, -0.25) is 0 Å². The average molecular weight is 246 g/mol. The minimum absolute atomic E-state index is 0.395. The molecule has 0 atom stereocenters. The monoisotopic (exact) mass is 246 g/mol. The Morgan fingerprint density at radius 1 is 1.41 bits per heavy atom. The summed E-state index contributed by atoms with van der Waals surface area (Å²) in [7, 11) is 1.62. The molecule has 0 spiro atoms. The zero-order valence-corrected chi connectivity index (χ0v) is 10.0. The van der Waals surface area contributed by atoms with Crippen LogP contribution >= 0.6 is 11.3 Å². The van der Waals surface area contributed by atoms with Crippen LogP contribution in [0.2, 0.25) is 0 Å². The van der Waals surface area contributed by atoms with Gasteiger partial charge in [-0.2, -0.15) is 20.8 Å². The molecule has 0 N–H and O–H groups in total. The first-order valence-electron chi connectivity index (χ1n) is 5.10. The lowest BCUT2D eigenvalue weighted by atomic mass is 10.2. The van der Waals surface area contributed by atoms with Crippen LogP contribution in [0.3, 0.4) is 0 Å². The molecular formula is C11H10N4OS. The van der Waals surface area contributed by atoms with E-state index >= 15 is 0 Å². The van der Waals surface area contributed by atoms with Gasteiger partial charge in [0.2, 0.25) is 0 Å². The topological polar surface area (TPSA) is 52.3 Å². The van der Waals surface area contributed by atoms with Crippen molar-refractivity contribution >= 4 is 17.1 Å². The van der Waals surface area contributed by atoms with Gasteiger partial charge in [0.25, 0.3) is 5.78 Å². The van der Waals surface area contributed by atoms with Gasteiger partial charge in [0.05, 0.1) is 5.69 Å². The van der Waals surface area contributed by atoms with Gasteiger partial charge in [-0.05, 0) is 17.5 Å². The Morgan fingerprint density at radius 2 is 2.35 bits per heavy atom. The molecule has 3 heterocycles. The van der Waals surface area contributed by atoms with Crippen LogP contribution in [-0.2, 0) is 11.3 Å². The van der Waals surface area contributed by atoms with Crippen molar-refractivity contribution in [3.05, 3.63) is 34.9 Å². The molecule has 6 heteroatoms. The van der Waals surface area contributed by atoms with Crippen molar-refractivity contribution in [3.8, 4) is 11.3 Å². The lowest BCUT2D eigenvalue weighted by Crippen LogP contribution is -1.95. The molecule has 0 aliphatic heterocycles. The second-order valence-corrected chi connectivity index (χ2v) is 4.29. The van der Waals surface area contributed by atoms with E-state index in [4.69, 9.17) is 4.74 Å². The molecule has 5 nitrogen and oxygen atoms in total. The van der Waals surface area contributed by atoms with Gasteiger partial charge in [-0.15, -0.1) is 5.10 Å². The zero-order chi connectivity index (χ0) is 11.7. The van der Waals surface area contributed by atoms with E-state index in [0.29, 0.717) is 18.2 Å². The summed E-state index contributed by atoms with van der Waals surface area (Å²) < 4.78 is 6.77. The van der Waals surface area contributed by atoms with Crippen molar-refractivity contribution in [1.29, 1.82) is 0 Å². The Labute approximate surface area is 102 Å². The maximum Gasteiger partial charge on any atom is 0.253 e. The summed E-state index contributed by atoms with van der Waals surface area (Å²) in [5.74, 6) is 1.24. The first-order chi connectivity index (χ1) is 8.38. The molecule has 0 radical (unpaired) electrons. The van der Waals surface area contributed by atoms with Crippen molar-refractivity contribution < 1.29 is 4.74 Å². The van der Waals surface area contributed by atoms with Crippen LogP contribution in [0.1, 0.15) is 5.82 Å². The Bertz CT molecular complexity index is 632. The molecule has 3 aromatic heterocycles. The van der Waals surface area contributed by atoms with E-state index in [0.717, 1.165) is 11.3 Å². The smallest absolute Gasteiger partial charge is 0.253 e. The Balaban J connectivity index is 2.18. The minimum Gasteiger partial charge on any atom is -0.377 e. The second-order valence-electron chi connectivity index (χ2n) is 3.51. The standard InChI is InChI=1S/C11H10N4OS/c1-16-6-10-13-11-12-4-2-9(15(11)14-10)8-3-5-17-7-8/h2-5,7H,6H2,1H3. The molecule has 0 unspecified atom stereocenters. The quantitative estimate of drug-likeness (QED) is 0.709. The highest BCUT2D eigenvalue weighted by Gasteiger charge is 2.09. The predicted octanol–water partition coefficient (Wildman–Crippen LogP) is 2.00. The van der Waals surface area contributed by atoms with Gasteiger partial charge in [-0.25, -0.2) is 4.98 Å². The van der Waals surface area contributed by atoms with E-state index < -0.39 is 0 Å². The summed E-state index contributed by atoms with van der Waals surface area (Å²) in [5, 5.41) is 8.49. The van der Waals surface area contributed by atoms with E-state index in [9.17, 15) is 0 Å². The number of methoxy groups -OCH3 is 1. The number of thiophene rings is 1. The van der Waals surface area contributed by atoms with E-state index in [1.54, 1.807) is 29.2 Å². The van der Waals surface area contributed by atoms with E-state index in [2.05, 4.69) is 26.5 Å². The summed E-state index contributed by atoms with van der Waals surface area (Å²) in [5.41, 5.74) is 2.11. The van der Waals surface area contributed by atoms with Gasteiger partial charge in [0.1, 0.15) is 6.61 Å². The van der Waals surface area contributed by atoms with Gasteiger partial charge in [0.15, 0.2) is 5.82 Å². The molecule has 0 amide bonds. The van der Waals surface area contributed by atoms with Crippen LogP contribution in [0.15, 0.2) is 29.1 Å². The molecule has 0 aliphatic carbocycles. The highest BCUT2D eigenvalue weighted by atomic mass is 32.1. The average Bonchev–Trinajstić information content (AvgIpc) is 2.97. The van der Waals surface area contributed by atoms with Gasteiger partial charge < -0.3 is 4.74 Å². The first-order valence-corrected chi connectivity index (χ1v) is 6.05. The fourth-order valence-corrected chi connectivity index (χ4v) is 2.30. The Kier molecular flexibility index (Phi) is 2.58. The largest absolute Gasteiger partial charge is 0.377 e. The zero-order valence-electron chi connectivity index (χ0n) is 9.20. The molecule has 0 saturated carbocycles. The van der Waals surface area contributed by atoms with Gasteiger partial charge >= 0.3 is 0 Å². The third-order valence-electron chi connectivity index (χ3n) is 2.37. The molecule has 3 aromatic rings. The van der Waals surface area contributed by atoms with Crippen molar-refractivity contribution in [1.82, 2.24) is 19.6 Å². The van der Waals surface area contributed by atoms with Gasteiger partial charge in [-0.1, -0.05) is 0 Å². The molecular weight excluding hydrogens is 236 g/mol. The number of rotatable bonds is 3. The molecule has 0 aliphatic rings. The van der Waals surface area contributed by atoms with Crippen molar-refractivity contribution in [2.24, 2.45) is 0 Å². The van der Waals surface area contributed by atoms with Gasteiger partial charge in [0, 0.05) is 24.3 Å². The number of fused-ring (bicyclic) bond motifs is 1. The number of aromatic nitrogens is 4. The van der Waals surface area contributed by atoms with E-state index in [1.165, 1.54) is 0 Å². The van der Waals surface area contributed by atoms with Crippen LogP contribution in [0, 0.1) is 0 Å². The lowest BCUT2D eigenvalue weighted by Gasteiger charge is -1.99. The third-order valence-corrected chi connectivity index (χ3v) is 3.06. The second kappa shape index (κ2) is 4.23. The van der Waals surface area contributed by atoms with Crippen LogP contribution in [0.4, 0.5) is 0 Å². The summed E-state index contributed by atoms with van der Waals surface area (Å²) in [6.07, 6.45) is 1.74. The minimum atomic E-state index is 0.395. The van der Waals surface area contributed by atoms with E-state index in [1.807, 2.05) is 11.4 Å². The SMILES string of the molecule is COCc1nc2nccc(-c3ccsc3)n2n1. The summed E-state index contributed by atoms with van der Waals surface area (Å²) in [6.45, 7) is 0.395. The van der Waals surface area contributed by atoms with Crippen molar-refractivity contribution in [2.45, 2.75) is 6.61 Å². The van der Waals surface area contributed by atoms with Crippen LogP contribution in [0.5, 0.6) is 0 Å². The van der Waals surface area contributed by atoms with Crippen molar-refractivity contribution in [3.63, 3.8) is 0 Å². The third kappa shape index (κ3) is 1.81. The Hall–Kier alpha value is -1.79. The molecule has 0 saturated heterocycles. The Morgan fingerprint density at radius 3 is 3.12 bits per heavy atom. The molecule has 0 aromatic carbocycles. The highest BCUT2D eigenvalue weighted by molar-refractivity contribution is 7.08. The molecule has 0 fully saturated rings. The predicted molar refractivity (Wildman–Crippen MR) is 64.8 cm³/mol. The van der Waals surface area contributed by atoms with Crippen molar-refractivity contribution in [2.75, 3.05) is 7.11 Å². The molecule has 0 bridgehead atoms. The van der Waals surface area contributed by atoms with E-state index in [-0.39, 0.29) is 0 Å². The number of ether oxygens (including phenoxy) is 1. The summed E-state index contributed by atoms with van der Waals surface area (Å²) >= 11 is 1.65. The highest BCUT2D eigenvalue weighted by Crippen LogP contribution is 2.21. The molecule has 86 valence electrons. The first kappa shape index (κ1) is 10.4. The molecule has 3 rings (SSSR count). The summed E-state index contributed by atoms with van der Waals surface area (Å²) in [4.78, 5) is 8.48. The van der Waals surface area contributed by atoms with Crippen LogP contribution in [0.25, 0.3) is 17.0 Å². The molecule has 17 heavy (non-hydrogen) atoms. The number of hydrogen-bond donors (Lipinski definition) is 0. The maximum atomic E-state index is 5.02. The number of hydrogen-bond acceptors (Lipinski definition) is 5. The normalized spacial score (nSPS) is 11.1.